The second-order valence-electron chi connectivity index (χ2n) is 8.50. The Balaban J connectivity index is 2.23. The number of carbonyl (C=O) groups excluding carboxylic acids is 1. The summed E-state index contributed by atoms with van der Waals surface area (Å²) in [6.45, 7) is -1.76. The first-order valence-corrected chi connectivity index (χ1v) is 11.3. The summed E-state index contributed by atoms with van der Waals surface area (Å²) in [7, 11) is 1.38. The van der Waals surface area contributed by atoms with Gasteiger partial charge in [0.25, 0.3) is 0 Å². The predicted octanol–water partition coefficient (Wildman–Crippen LogP) is 6.56. The Labute approximate surface area is 221 Å². The van der Waals surface area contributed by atoms with Gasteiger partial charge in [-0.05, 0) is 53.1 Å². The van der Waals surface area contributed by atoms with Gasteiger partial charge in [0.15, 0.2) is 0 Å². The molecule has 0 fully saturated rings. The van der Waals surface area contributed by atoms with E-state index in [-0.39, 0.29) is 12.0 Å². The minimum atomic E-state index is -5.03. The average molecular weight is 580 g/mol. The van der Waals surface area contributed by atoms with E-state index in [0.29, 0.717) is 17.4 Å². The molecule has 3 aromatic carbocycles. The second kappa shape index (κ2) is 12.0. The molecule has 0 radical (unpaired) electrons. The largest absolute Gasteiger partial charge is 0.497 e. The maximum Gasteiger partial charge on any atom is 0.461 e. The van der Waals surface area contributed by atoms with Crippen LogP contribution in [0.2, 0.25) is 0 Å². The van der Waals surface area contributed by atoms with Crippen LogP contribution in [0, 0.1) is 11.6 Å². The first-order valence-electron chi connectivity index (χ1n) is 11.3. The monoisotopic (exact) mass is 580 g/mol. The van der Waals surface area contributed by atoms with E-state index < -0.39 is 59.8 Å². The molecule has 0 aliphatic rings. The van der Waals surface area contributed by atoms with Gasteiger partial charge in [-0.25, -0.2) is 13.6 Å². The number of benzene rings is 3. The lowest BCUT2D eigenvalue weighted by Crippen LogP contribution is -2.53. The van der Waals surface area contributed by atoms with Gasteiger partial charge in [0, 0.05) is 12.5 Å². The van der Waals surface area contributed by atoms with E-state index in [0.717, 1.165) is 36.4 Å². The fourth-order valence-electron chi connectivity index (χ4n) is 3.83. The second-order valence-corrected chi connectivity index (χ2v) is 8.50. The molecule has 0 spiro atoms. The number of rotatable bonds is 10. The summed E-state index contributed by atoms with van der Waals surface area (Å²) < 4.78 is 129. The molecule has 0 aliphatic heterocycles. The van der Waals surface area contributed by atoms with Crippen LogP contribution in [0.15, 0.2) is 66.7 Å². The Morgan fingerprint density at radius 3 is 2.00 bits per heavy atom. The van der Waals surface area contributed by atoms with E-state index in [9.17, 15) is 44.3 Å². The summed E-state index contributed by atoms with van der Waals surface area (Å²) in [5, 5.41) is 3.91. The summed E-state index contributed by atoms with van der Waals surface area (Å²) in [5.41, 5.74) is -2.12. The van der Waals surface area contributed by atoms with Gasteiger partial charge in [0.1, 0.15) is 29.7 Å². The number of halogens is 9. The van der Waals surface area contributed by atoms with Crippen LogP contribution in [-0.2, 0) is 12.0 Å². The fraction of sp³-hybridized carbons (Fsp3) is 0.269. The van der Waals surface area contributed by atoms with Crippen LogP contribution in [0.3, 0.4) is 0 Å². The predicted molar refractivity (Wildman–Crippen MR) is 124 cm³/mol. The standard InChI is InChI=1S/C26H21F9N2O3/c1-39-20-8-2-15(3-9-20)13-24(16-4-6-18(27)7-5-16,37-23(38)36-14-25(31,32)33)17-10-19(28)12-21(11-17)40-26(34,35)22(29)30/h2-12,22H,13-14H2,1H3,(H2,36,37,38)/t24-/m1/s1. The maximum absolute atomic E-state index is 14.7. The lowest BCUT2D eigenvalue weighted by molar-refractivity contribution is -0.253. The lowest BCUT2D eigenvalue weighted by Gasteiger charge is -2.37. The molecule has 0 saturated heterocycles. The number of carbonyl (C=O) groups is 1. The van der Waals surface area contributed by atoms with E-state index in [1.54, 1.807) is 5.32 Å². The maximum atomic E-state index is 14.7. The number of alkyl halides is 7. The molecule has 0 unspecified atom stereocenters. The smallest absolute Gasteiger partial charge is 0.461 e. The van der Waals surface area contributed by atoms with Gasteiger partial charge >= 0.3 is 24.7 Å². The zero-order chi connectivity index (χ0) is 29.7. The van der Waals surface area contributed by atoms with Crippen LogP contribution >= 0.6 is 0 Å². The van der Waals surface area contributed by atoms with Crippen LogP contribution in [0.1, 0.15) is 16.7 Å². The van der Waals surface area contributed by atoms with Crippen molar-refractivity contribution in [3.05, 3.63) is 95.1 Å². The summed E-state index contributed by atoms with van der Waals surface area (Å²) in [6, 6.07) is 10.5. The Morgan fingerprint density at radius 2 is 1.45 bits per heavy atom. The molecule has 0 aromatic heterocycles. The van der Waals surface area contributed by atoms with Crippen molar-refractivity contribution in [3.63, 3.8) is 0 Å². The highest BCUT2D eigenvalue weighted by molar-refractivity contribution is 5.76. The number of hydrogen-bond acceptors (Lipinski definition) is 3. The highest BCUT2D eigenvalue weighted by Crippen LogP contribution is 2.38. The summed E-state index contributed by atoms with van der Waals surface area (Å²) in [4.78, 5) is 12.7. The molecule has 0 heterocycles. The van der Waals surface area contributed by atoms with Gasteiger partial charge in [0.05, 0.1) is 12.6 Å². The highest BCUT2D eigenvalue weighted by atomic mass is 19.4. The number of methoxy groups -OCH3 is 1. The molecular formula is C26H21F9N2O3. The van der Waals surface area contributed by atoms with Gasteiger partial charge in [0.2, 0.25) is 0 Å². The van der Waals surface area contributed by atoms with Crippen LogP contribution < -0.4 is 20.1 Å². The highest BCUT2D eigenvalue weighted by Gasteiger charge is 2.45. The van der Waals surface area contributed by atoms with Crippen LogP contribution in [-0.4, -0.2) is 38.4 Å². The van der Waals surface area contributed by atoms with Crippen LogP contribution in [0.5, 0.6) is 11.5 Å². The molecule has 1 atom stereocenters. The molecular weight excluding hydrogens is 559 g/mol. The molecule has 3 aromatic rings. The fourth-order valence-corrected chi connectivity index (χ4v) is 3.83. The first kappa shape index (κ1) is 30.4. The number of urea groups is 1. The number of hydrogen-bond donors (Lipinski definition) is 2. The van der Waals surface area contributed by atoms with Crippen molar-refractivity contribution in [1.29, 1.82) is 0 Å². The molecule has 0 bridgehead atoms. The Hall–Kier alpha value is -4.10. The summed E-state index contributed by atoms with van der Waals surface area (Å²) >= 11 is 0. The quantitative estimate of drug-likeness (QED) is 0.267. The van der Waals surface area contributed by atoms with Crippen molar-refractivity contribution in [2.45, 2.75) is 30.7 Å². The third-order valence-electron chi connectivity index (χ3n) is 5.61. The normalized spacial score (nSPS) is 13.5. The Kier molecular flexibility index (Phi) is 9.10. The van der Waals surface area contributed by atoms with Crippen molar-refractivity contribution in [3.8, 4) is 11.5 Å². The summed E-state index contributed by atoms with van der Waals surface area (Å²) in [6.07, 6.45) is -14.5. The molecule has 216 valence electrons. The molecule has 0 saturated carbocycles. The Bertz CT molecular complexity index is 1300. The number of ether oxygens (including phenoxy) is 2. The van der Waals surface area contributed by atoms with Crippen LogP contribution in [0.25, 0.3) is 0 Å². The molecule has 2 amide bonds. The van der Waals surface area contributed by atoms with Crippen molar-refractivity contribution < 1.29 is 53.8 Å². The SMILES string of the molecule is COc1ccc(C[C@@](NC(=O)NCC(F)(F)F)(c2ccc(F)cc2)c2cc(F)cc(OC(F)(F)C(F)F)c2)cc1. The van der Waals surface area contributed by atoms with Crippen molar-refractivity contribution in [1.82, 2.24) is 10.6 Å². The molecule has 2 N–H and O–H groups in total. The molecule has 3 rings (SSSR count). The topological polar surface area (TPSA) is 59.6 Å². The van der Waals surface area contributed by atoms with E-state index in [4.69, 9.17) is 4.74 Å². The van der Waals surface area contributed by atoms with Gasteiger partial charge in [-0.2, -0.15) is 30.7 Å². The minimum Gasteiger partial charge on any atom is -0.497 e. The third kappa shape index (κ3) is 7.73. The minimum absolute atomic E-state index is 0.0240. The van der Waals surface area contributed by atoms with Gasteiger partial charge in [-0.3, -0.25) is 0 Å². The zero-order valence-corrected chi connectivity index (χ0v) is 20.5. The zero-order valence-electron chi connectivity index (χ0n) is 20.5. The van der Waals surface area contributed by atoms with Gasteiger partial charge < -0.3 is 20.1 Å². The lowest BCUT2D eigenvalue weighted by atomic mass is 9.77. The van der Waals surface area contributed by atoms with E-state index in [2.05, 4.69) is 10.1 Å². The van der Waals surface area contributed by atoms with E-state index in [1.807, 2.05) is 0 Å². The summed E-state index contributed by atoms with van der Waals surface area (Å²) in [5.74, 6) is -2.68. The Morgan fingerprint density at radius 1 is 0.825 bits per heavy atom. The molecule has 5 nitrogen and oxygen atoms in total. The van der Waals surface area contributed by atoms with Gasteiger partial charge in [-0.1, -0.05) is 24.3 Å². The van der Waals surface area contributed by atoms with Crippen molar-refractivity contribution in [2.24, 2.45) is 0 Å². The van der Waals surface area contributed by atoms with Crippen LogP contribution in [0.4, 0.5) is 44.3 Å². The van der Waals surface area contributed by atoms with Crippen molar-refractivity contribution >= 4 is 6.03 Å². The van der Waals surface area contributed by atoms with E-state index in [1.165, 1.54) is 31.4 Å². The van der Waals surface area contributed by atoms with Gasteiger partial charge in [-0.15, -0.1) is 0 Å². The molecule has 14 heteroatoms. The third-order valence-corrected chi connectivity index (χ3v) is 5.61. The number of amides is 2. The first-order chi connectivity index (χ1) is 18.6. The van der Waals surface area contributed by atoms with Crippen molar-refractivity contribution in [2.75, 3.05) is 13.7 Å². The number of nitrogens with one attached hydrogen (secondary N) is 2. The average Bonchev–Trinajstić information content (AvgIpc) is 2.87. The molecule has 40 heavy (non-hydrogen) atoms. The van der Waals surface area contributed by atoms with E-state index >= 15 is 0 Å². The molecule has 0 aliphatic carbocycles.